The molecule has 39 heavy (non-hydrogen) atoms. The van der Waals surface area contributed by atoms with Gasteiger partial charge in [-0.2, -0.15) is 13.2 Å². The molecule has 2 aromatic carbocycles. The largest absolute Gasteiger partial charge is 0.493 e. The fourth-order valence-electron chi connectivity index (χ4n) is 4.23. The molecule has 0 unspecified atom stereocenters. The summed E-state index contributed by atoms with van der Waals surface area (Å²) in [6.07, 6.45) is -3.03. The Hall–Kier alpha value is -4.07. The summed E-state index contributed by atoms with van der Waals surface area (Å²) in [5, 5.41) is 2.60. The summed E-state index contributed by atoms with van der Waals surface area (Å²) in [7, 11) is 3.48. The molecule has 0 atom stereocenters. The number of hydrogen-bond donors (Lipinski definition) is 2. The number of rotatable bonds is 5. The summed E-state index contributed by atoms with van der Waals surface area (Å²) in [5.41, 5.74) is 7.53. The van der Waals surface area contributed by atoms with Gasteiger partial charge < -0.3 is 20.7 Å². The number of carbonyl (C=O) groups is 1. The molecule has 0 saturated carbocycles. The summed E-state index contributed by atoms with van der Waals surface area (Å²) in [5.74, 6) is 6.11. The molecule has 0 aliphatic carbocycles. The minimum absolute atomic E-state index is 0.0719. The maximum atomic E-state index is 13.9. The zero-order chi connectivity index (χ0) is 28.2. The van der Waals surface area contributed by atoms with Crippen molar-refractivity contribution in [2.45, 2.75) is 19.6 Å². The second kappa shape index (κ2) is 11.8. The molecular formula is C29H30F3N5O2. The SMILES string of the molecule is COc1cc(C#Cc2cc(C(=O)Nc3ccc(CN4CCN(C)CC4)c(C(F)(F)F)c3)ccc2C)cnc1N. The van der Waals surface area contributed by atoms with E-state index >= 15 is 0 Å². The zero-order valence-electron chi connectivity index (χ0n) is 22.0. The summed E-state index contributed by atoms with van der Waals surface area (Å²) in [6, 6.07) is 10.6. The van der Waals surface area contributed by atoms with E-state index in [1.165, 1.54) is 25.4 Å². The lowest BCUT2D eigenvalue weighted by molar-refractivity contribution is -0.138. The molecule has 4 rings (SSSR count). The third kappa shape index (κ3) is 7.07. The van der Waals surface area contributed by atoms with Crippen molar-refractivity contribution in [2.75, 3.05) is 51.4 Å². The number of anilines is 2. The molecule has 3 N–H and O–H groups in total. The van der Waals surface area contributed by atoms with Gasteiger partial charge in [0.05, 0.1) is 12.7 Å². The van der Waals surface area contributed by atoms with Crippen LogP contribution < -0.4 is 15.8 Å². The number of aromatic nitrogens is 1. The molecule has 1 fully saturated rings. The number of nitrogens with one attached hydrogen (secondary N) is 1. The van der Waals surface area contributed by atoms with Gasteiger partial charge in [-0.3, -0.25) is 9.69 Å². The maximum Gasteiger partial charge on any atom is 0.416 e. The van der Waals surface area contributed by atoms with Gasteiger partial charge in [0.15, 0.2) is 11.6 Å². The van der Waals surface area contributed by atoms with Crippen LogP contribution in [0.3, 0.4) is 0 Å². The minimum atomic E-state index is -4.55. The number of alkyl halides is 3. The fourth-order valence-corrected chi connectivity index (χ4v) is 4.23. The quantitative estimate of drug-likeness (QED) is 0.470. The van der Waals surface area contributed by atoms with Crippen LogP contribution in [0.1, 0.15) is 38.2 Å². The molecule has 0 spiro atoms. The number of halogens is 3. The number of nitrogens with zero attached hydrogens (tertiary/aromatic N) is 3. The first-order chi connectivity index (χ1) is 18.5. The molecule has 1 aliphatic heterocycles. The maximum absolute atomic E-state index is 13.9. The van der Waals surface area contributed by atoms with E-state index in [1.807, 2.05) is 18.9 Å². The van der Waals surface area contributed by atoms with Crippen LogP contribution in [0.5, 0.6) is 5.75 Å². The van der Waals surface area contributed by atoms with Crippen molar-refractivity contribution in [3.8, 4) is 17.6 Å². The molecule has 0 bridgehead atoms. The van der Waals surface area contributed by atoms with Crippen molar-refractivity contribution in [2.24, 2.45) is 0 Å². The highest BCUT2D eigenvalue weighted by molar-refractivity contribution is 6.04. The lowest BCUT2D eigenvalue weighted by Crippen LogP contribution is -2.44. The number of piperazine rings is 1. The van der Waals surface area contributed by atoms with Crippen LogP contribution in [-0.4, -0.2) is 61.0 Å². The first-order valence-corrected chi connectivity index (χ1v) is 12.4. The zero-order valence-corrected chi connectivity index (χ0v) is 22.0. The topological polar surface area (TPSA) is 83.7 Å². The van der Waals surface area contributed by atoms with E-state index in [2.05, 4.69) is 27.0 Å². The van der Waals surface area contributed by atoms with Crippen molar-refractivity contribution < 1.29 is 22.7 Å². The van der Waals surface area contributed by atoms with Crippen molar-refractivity contribution in [1.82, 2.24) is 14.8 Å². The lowest BCUT2D eigenvalue weighted by Gasteiger charge is -2.33. The average Bonchev–Trinajstić information content (AvgIpc) is 2.90. The molecule has 10 heteroatoms. The smallest absolute Gasteiger partial charge is 0.416 e. The predicted molar refractivity (Wildman–Crippen MR) is 145 cm³/mol. The monoisotopic (exact) mass is 537 g/mol. The number of benzene rings is 2. The van der Waals surface area contributed by atoms with E-state index in [0.29, 0.717) is 30.0 Å². The molecule has 0 radical (unpaired) electrons. The first-order valence-electron chi connectivity index (χ1n) is 12.4. The number of methoxy groups -OCH3 is 1. The van der Waals surface area contributed by atoms with Crippen LogP contribution in [0.4, 0.5) is 24.7 Å². The van der Waals surface area contributed by atoms with Crippen LogP contribution >= 0.6 is 0 Å². The van der Waals surface area contributed by atoms with Gasteiger partial charge in [-0.1, -0.05) is 24.0 Å². The van der Waals surface area contributed by atoms with E-state index in [1.54, 1.807) is 24.3 Å². The van der Waals surface area contributed by atoms with Crippen LogP contribution in [0, 0.1) is 18.8 Å². The molecule has 1 saturated heterocycles. The highest BCUT2D eigenvalue weighted by Gasteiger charge is 2.34. The number of amides is 1. The van der Waals surface area contributed by atoms with Crippen LogP contribution in [0.15, 0.2) is 48.7 Å². The molecule has 1 amide bonds. The lowest BCUT2D eigenvalue weighted by atomic mass is 10.0. The number of nitrogens with two attached hydrogens (primary N) is 1. The average molecular weight is 538 g/mol. The van der Waals surface area contributed by atoms with Gasteiger partial charge in [0.25, 0.3) is 5.91 Å². The molecule has 1 aliphatic rings. The van der Waals surface area contributed by atoms with Gasteiger partial charge >= 0.3 is 6.18 Å². The number of pyridine rings is 1. The summed E-state index contributed by atoms with van der Waals surface area (Å²) in [4.78, 5) is 21.2. The van der Waals surface area contributed by atoms with E-state index in [-0.39, 0.29) is 29.2 Å². The summed E-state index contributed by atoms with van der Waals surface area (Å²) < 4.78 is 46.9. The number of hydrogen-bond acceptors (Lipinski definition) is 6. The van der Waals surface area contributed by atoms with Crippen molar-refractivity contribution in [3.05, 3.63) is 82.0 Å². The Labute approximate surface area is 225 Å². The Balaban J connectivity index is 1.53. The number of aryl methyl sites for hydroxylation is 1. The number of ether oxygens (including phenoxy) is 1. The fraction of sp³-hybridized carbons (Fsp3) is 0.310. The second-order valence-electron chi connectivity index (χ2n) is 9.49. The summed E-state index contributed by atoms with van der Waals surface area (Å²) in [6.45, 7) is 5.07. The Bertz CT molecular complexity index is 1420. The molecule has 2 heterocycles. The van der Waals surface area contributed by atoms with Gasteiger partial charge in [0.1, 0.15) is 0 Å². The second-order valence-corrected chi connectivity index (χ2v) is 9.49. The number of nitrogen functional groups attached to an aromatic ring is 1. The molecular weight excluding hydrogens is 507 g/mol. The molecule has 204 valence electrons. The Morgan fingerprint density at radius 2 is 1.85 bits per heavy atom. The van der Waals surface area contributed by atoms with Gasteiger partial charge in [-0.15, -0.1) is 0 Å². The third-order valence-corrected chi connectivity index (χ3v) is 6.61. The van der Waals surface area contributed by atoms with E-state index in [4.69, 9.17) is 10.5 Å². The summed E-state index contributed by atoms with van der Waals surface area (Å²) >= 11 is 0. The van der Waals surface area contributed by atoms with Crippen molar-refractivity contribution >= 4 is 17.4 Å². The highest BCUT2D eigenvalue weighted by atomic mass is 19.4. The Morgan fingerprint density at radius 3 is 2.54 bits per heavy atom. The van der Waals surface area contributed by atoms with Crippen molar-refractivity contribution in [1.29, 1.82) is 0 Å². The Kier molecular flexibility index (Phi) is 8.43. The predicted octanol–water partition coefficient (Wildman–Crippen LogP) is 4.40. The van der Waals surface area contributed by atoms with Gasteiger partial charge in [-0.05, 0) is 49.4 Å². The highest BCUT2D eigenvalue weighted by Crippen LogP contribution is 2.34. The Morgan fingerprint density at radius 1 is 1.10 bits per heavy atom. The number of likely N-dealkylation sites (N-methyl/N-ethyl adjacent to an activating group) is 1. The standard InChI is InChI=1S/C29H30F3N5O2/c1-19-4-6-22(15-21(19)7-5-20-14-26(39-3)27(33)34-17-20)28(38)35-24-9-8-23(25(16-24)29(30,31)32)18-37-12-10-36(2)11-13-37/h4,6,8-9,14-17H,10-13,18H2,1-3H3,(H2,33,34)(H,35,38). The van der Waals surface area contributed by atoms with Crippen LogP contribution in [-0.2, 0) is 12.7 Å². The third-order valence-electron chi connectivity index (χ3n) is 6.61. The molecule has 1 aromatic heterocycles. The first kappa shape index (κ1) is 28.0. The molecule has 3 aromatic rings. The van der Waals surface area contributed by atoms with Crippen LogP contribution in [0.25, 0.3) is 0 Å². The van der Waals surface area contributed by atoms with E-state index < -0.39 is 17.6 Å². The van der Waals surface area contributed by atoms with Gasteiger partial charge in [0.2, 0.25) is 0 Å². The van der Waals surface area contributed by atoms with Crippen molar-refractivity contribution in [3.63, 3.8) is 0 Å². The van der Waals surface area contributed by atoms with Gasteiger partial charge in [-0.25, -0.2) is 4.98 Å². The van der Waals surface area contributed by atoms with E-state index in [0.717, 1.165) is 24.7 Å². The minimum Gasteiger partial charge on any atom is -0.493 e. The van der Waals surface area contributed by atoms with Crippen LogP contribution in [0.2, 0.25) is 0 Å². The van der Waals surface area contributed by atoms with E-state index in [9.17, 15) is 18.0 Å². The molecule has 7 nitrogen and oxygen atoms in total. The number of carbonyl (C=O) groups excluding carboxylic acids is 1. The van der Waals surface area contributed by atoms with Gasteiger partial charge in [0, 0.05) is 67.4 Å². The normalized spacial score (nSPS) is 14.4.